The third-order valence-electron chi connectivity index (χ3n) is 1.91. The average molecular weight is 191 g/mol. The average Bonchev–Trinajstić information content (AvgIpc) is 2.16. The fourth-order valence-corrected chi connectivity index (χ4v) is 1.25. The van der Waals surface area contributed by atoms with Crippen LogP contribution in [0.15, 0.2) is 11.0 Å². The van der Waals surface area contributed by atoms with Crippen LogP contribution in [0.2, 0.25) is 0 Å². The molecule has 0 aromatic carbocycles. The Kier molecular flexibility index (Phi) is 1.95. The van der Waals surface area contributed by atoms with Crippen molar-refractivity contribution in [2.24, 2.45) is 0 Å². The maximum absolute atomic E-state index is 10.9. The Labute approximate surface area is 79.4 Å². The maximum atomic E-state index is 10.9. The minimum Gasteiger partial charge on any atom is -0.288 e. The lowest BCUT2D eigenvalue weighted by atomic mass is 10.1. The van der Waals surface area contributed by atoms with Crippen LogP contribution in [0, 0.1) is 0 Å². The largest absolute Gasteiger partial charge is 0.346 e. The molecule has 0 radical (unpaired) electrons. The van der Waals surface area contributed by atoms with E-state index in [2.05, 4.69) is 25.4 Å². The van der Waals surface area contributed by atoms with Gasteiger partial charge in [0.25, 0.3) is 0 Å². The predicted molar refractivity (Wildman–Crippen MR) is 49.8 cm³/mol. The van der Waals surface area contributed by atoms with Crippen LogP contribution in [0.1, 0.15) is 25.5 Å². The van der Waals surface area contributed by atoms with Gasteiger partial charge in [0, 0.05) is 6.20 Å². The third-order valence-corrected chi connectivity index (χ3v) is 1.91. The summed E-state index contributed by atoms with van der Waals surface area (Å²) in [5.41, 5.74) is 0.801. The fraction of sp³-hybridized carbons (Fsp3) is 0.375. The van der Waals surface area contributed by atoms with E-state index < -0.39 is 5.69 Å². The summed E-state index contributed by atoms with van der Waals surface area (Å²) in [4.78, 5) is 17.0. The first kappa shape index (κ1) is 8.74. The Hall–Kier alpha value is -1.85. The van der Waals surface area contributed by atoms with Crippen molar-refractivity contribution in [3.63, 3.8) is 0 Å². The molecule has 2 aromatic rings. The summed E-state index contributed by atoms with van der Waals surface area (Å²) in [5.74, 6) is 0.223. The number of aromatic nitrogens is 5. The van der Waals surface area contributed by atoms with Crippen molar-refractivity contribution in [3.8, 4) is 0 Å². The minimum atomic E-state index is -0.423. The van der Waals surface area contributed by atoms with Gasteiger partial charge in [-0.05, 0) is 11.1 Å². The first-order valence-corrected chi connectivity index (χ1v) is 4.27. The molecule has 72 valence electrons. The van der Waals surface area contributed by atoms with Gasteiger partial charge in [0.2, 0.25) is 0 Å². The Balaban J connectivity index is 2.81. The van der Waals surface area contributed by atoms with Crippen LogP contribution in [-0.4, -0.2) is 25.4 Å². The molecular formula is C8H9N5O. The zero-order valence-corrected chi connectivity index (χ0v) is 7.85. The SMILES string of the molecule is CC(C)c1nnnc2[nH]c(=O)ncc12. The van der Waals surface area contributed by atoms with E-state index >= 15 is 0 Å². The van der Waals surface area contributed by atoms with E-state index in [0.29, 0.717) is 5.65 Å². The molecule has 0 amide bonds. The highest BCUT2D eigenvalue weighted by Crippen LogP contribution is 2.17. The van der Waals surface area contributed by atoms with Crippen molar-refractivity contribution in [1.29, 1.82) is 0 Å². The van der Waals surface area contributed by atoms with Gasteiger partial charge >= 0.3 is 5.69 Å². The fourth-order valence-electron chi connectivity index (χ4n) is 1.25. The number of hydrogen-bond donors (Lipinski definition) is 1. The van der Waals surface area contributed by atoms with E-state index in [1.54, 1.807) is 0 Å². The molecule has 0 atom stereocenters. The number of hydrogen-bond acceptors (Lipinski definition) is 5. The zero-order chi connectivity index (χ0) is 10.1. The first-order chi connectivity index (χ1) is 6.68. The van der Waals surface area contributed by atoms with Gasteiger partial charge in [-0.2, -0.15) is 0 Å². The maximum Gasteiger partial charge on any atom is 0.346 e. The lowest BCUT2D eigenvalue weighted by Gasteiger charge is -2.04. The quantitative estimate of drug-likeness (QED) is 0.697. The van der Waals surface area contributed by atoms with E-state index in [4.69, 9.17) is 0 Å². The highest BCUT2D eigenvalue weighted by Gasteiger charge is 2.09. The van der Waals surface area contributed by atoms with E-state index in [9.17, 15) is 4.79 Å². The topological polar surface area (TPSA) is 84.4 Å². The summed E-state index contributed by atoms with van der Waals surface area (Å²) < 4.78 is 0. The second kappa shape index (κ2) is 3.13. The Morgan fingerprint density at radius 1 is 1.36 bits per heavy atom. The van der Waals surface area contributed by atoms with Gasteiger partial charge in [0.05, 0.1) is 11.1 Å². The monoisotopic (exact) mass is 191 g/mol. The van der Waals surface area contributed by atoms with Crippen LogP contribution < -0.4 is 5.69 Å². The molecule has 2 heterocycles. The summed E-state index contributed by atoms with van der Waals surface area (Å²) in [7, 11) is 0. The van der Waals surface area contributed by atoms with Crippen molar-refractivity contribution in [3.05, 3.63) is 22.4 Å². The standard InChI is InChI=1S/C8H9N5O/c1-4(2)6-5-3-9-8(14)10-7(5)12-13-11-6/h3-4H,1-2H3,(H,9,10,11,12,14). The molecule has 0 aliphatic heterocycles. The van der Waals surface area contributed by atoms with Crippen LogP contribution in [0.3, 0.4) is 0 Å². The van der Waals surface area contributed by atoms with Gasteiger partial charge < -0.3 is 0 Å². The van der Waals surface area contributed by atoms with Gasteiger partial charge in [-0.25, -0.2) is 9.78 Å². The van der Waals surface area contributed by atoms with Crippen LogP contribution in [-0.2, 0) is 0 Å². The molecule has 0 spiro atoms. The van der Waals surface area contributed by atoms with Crippen LogP contribution >= 0.6 is 0 Å². The smallest absolute Gasteiger partial charge is 0.288 e. The molecule has 14 heavy (non-hydrogen) atoms. The van der Waals surface area contributed by atoms with E-state index in [-0.39, 0.29) is 5.92 Å². The van der Waals surface area contributed by atoms with Crippen molar-refractivity contribution in [1.82, 2.24) is 25.4 Å². The van der Waals surface area contributed by atoms with Gasteiger partial charge in [-0.3, -0.25) is 4.98 Å². The first-order valence-electron chi connectivity index (χ1n) is 4.27. The summed E-state index contributed by atoms with van der Waals surface area (Å²) in [5, 5.41) is 12.0. The summed E-state index contributed by atoms with van der Waals surface area (Å²) >= 11 is 0. The van der Waals surface area contributed by atoms with Crippen molar-refractivity contribution >= 4 is 11.0 Å². The number of aromatic amines is 1. The zero-order valence-electron chi connectivity index (χ0n) is 7.85. The molecule has 1 N–H and O–H groups in total. The van der Waals surface area contributed by atoms with E-state index in [1.165, 1.54) is 6.20 Å². The molecule has 6 heteroatoms. The van der Waals surface area contributed by atoms with Crippen LogP contribution in [0.5, 0.6) is 0 Å². The normalized spacial score (nSPS) is 11.1. The second-order valence-corrected chi connectivity index (χ2v) is 3.28. The molecule has 0 saturated heterocycles. The number of fused-ring (bicyclic) bond motifs is 1. The minimum absolute atomic E-state index is 0.223. The summed E-state index contributed by atoms with van der Waals surface area (Å²) in [6.07, 6.45) is 1.48. The van der Waals surface area contributed by atoms with Crippen LogP contribution in [0.4, 0.5) is 0 Å². The highest BCUT2D eigenvalue weighted by atomic mass is 16.1. The van der Waals surface area contributed by atoms with Crippen molar-refractivity contribution in [2.75, 3.05) is 0 Å². The molecule has 0 aliphatic rings. The third kappa shape index (κ3) is 1.34. The molecule has 0 saturated carbocycles. The molecular weight excluding hydrogens is 182 g/mol. The molecule has 0 fully saturated rings. The van der Waals surface area contributed by atoms with E-state index in [1.807, 2.05) is 13.8 Å². The summed E-state index contributed by atoms with van der Waals surface area (Å²) in [6.45, 7) is 3.99. The van der Waals surface area contributed by atoms with E-state index in [0.717, 1.165) is 11.1 Å². The number of H-pyrrole nitrogens is 1. The van der Waals surface area contributed by atoms with Gasteiger partial charge in [-0.1, -0.05) is 13.8 Å². The lowest BCUT2D eigenvalue weighted by Crippen LogP contribution is -2.12. The molecule has 2 rings (SSSR count). The Bertz CT molecular complexity index is 518. The lowest BCUT2D eigenvalue weighted by molar-refractivity contribution is 0.757. The number of nitrogens with one attached hydrogen (secondary N) is 1. The van der Waals surface area contributed by atoms with Crippen LogP contribution in [0.25, 0.3) is 11.0 Å². The predicted octanol–water partition coefficient (Wildman–Crippen LogP) is 0.231. The molecule has 0 bridgehead atoms. The molecule has 2 aromatic heterocycles. The number of rotatable bonds is 1. The molecule has 0 unspecified atom stereocenters. The Morgan fingerprint density at radius 2 is 2.14 bits per heavy atom. The van der Waals surface area contributed by atoms with Gasteiger partial charge in [-0.15, -0.1) is 10.2 Å². The Morgan fingerprint density at radius 3 is 2.86 bits per heavy atom. The molecule has 0 aliphatic carbocycles. The van der Waals surface area contributed by atoms with Crippen molar-refractivity contribution < 1.29 is 0 Å². The molecule has 6 nitrogen and oxygen atoms in total. The summed E-state index contributed by atoms with van der Waals surface area (Å²) in [6, 6.07) is 0. The second-order valence-electron chi connectivity index (χ2n) is 3.28. The number of nitrogens with zero attached hydrogens (tertiary/aromatic N) is 4. The van der Waals surface area contributed by atoms with Gasteiger partial charge in [0.1, 0.15) is 0 Å². The highest BCUT2D eigenvalue weighted by molar-refractivity contribution is 5.75. The van der Waals surface area contributed by atoms with Crippen molar-refractivity contribution in [2.45, 2.75) is 19.8 Å². The van der Waals surface area contributed by atoms with Gasteiger partial charge in [0.15, 0.2) is 5.65 Å².